The summed E-state index contributed by atoms with van der Waals surface area (Å²) in [6.45, 7) is 2.03. The summed E-state index contributed by atoms with van der Waals surface area (Å²) in [7, 11) is -6.62. The highest BCUT2D eigenvalue weighted by Crippen LogP contribution is 2.56. The number of esters is 1. The number of nitrogen functional groups attached to an aromatic ring is 2. The van der Waals surface area contributed by atoms with Gasteiger partial charge in [-0.2, -0.15) is 0 Å². The van der Waals surface area contributed by atoms with Crippen LogP contribution in [0.1, 0.15) is 10.4 Å². The van der Waals surface area contributed by atoms with Crippen LogP contribution in [0.3, 0.4) is 0 Å². The van der Waals surface area contributed by atoms with Crippen LogP contribution in [0.5, 0.6) is 17.2 Å². The molecule has 0 bridgehead atoms. The van der Waals surface area contributed by atoms with Gasteiger partial charge in [-0.3, -0.25) is 9.13 Å². The number of hydrogen-bond donors (Lipinski definition) is 2. The van der Waals surface area contributed by atoms with Crippen LogP contribution in [0, 0.1) is 0 Å². The summed E-state index contributed by atoms with van der Waals surface area (Å²) in [6.07, 6.45) is 0.171. The summed E-state index contributed by atoms with van der Waals surface area (Å²) in [6, 6.07) is 31.7. The molecule has 0 saturated carbocycles. The summed E-state index contributed by atoms with van der Waals surface area (Å²) in [5, 5.41) is 1.21. The summed E-state index contributed by atoms with van der Waals surface area (Å²) in [4.78, 5) is 20.8. The van der Waals surface area contributed by atoms with Gasteiger partial charge < -0.3 is 34.8 Å². The van der Waals surface area contributed by atoms with E-state index in [0.29, 0.717) is 44.8 Å². The van der Waals surface area contributed by atoms with Crippen molar-refractivity contribution in [2.24, 2.45) is 0 Å². The van der Waals surface area contributed by atoms with E-state index in [9.17, 15) is 13.9 Å². The van der Waals surface area contributed by atoms with Crippen LogP contribution in [0.4, 0.5) is 11.4 Å². The van der Waals surface area contributed by atoms with Crippen LogP contribution in [-0.2, 0) is 18.7 Å². The maximum Gasteiger partial charge on any atom is 0.338 e. The molecule has 0 amide bonds. The number of benzene rings is 5. The van der Waals surface area contributed by atoms with Crippen molar-refractivity contribution in [2.45, 2.75) is 0 Å². The van der Waals surface area contributed by atoms with Gasteiger partial charge in [0.25, 0.3) is 14.7 Å². The number of carbonyl (C=O) groups excluding carboxylic acids is 2. The van der Waals surface area contributed by atoms with Crippen LogP contribution in [0.15, 0.2) is 109 Å². The Kier molecular flexibility index (Phi) is 9.13. The van der Waals surface area contributed by atoms with Gasteiger partial charge in [0.15, 0.2) is 0 Å². The first kappa shape index (κ1) is 32.6. The Morgan fingerprint density at radius 2 is 1.10 bits per heavy atom. The van der Waals surface area contributed by atoms with Crippen LogP contribution in [-0.4, -0.2) is 38.3 Å². The number of nitrogens with two attached hydrogens (primary N) is 2. The van der Waals surface area contributed by atoms with E-state index in [4.69, 9.17) is 34.8 Å². The fourth-order valence-electron chi connectivity index (χ4n) is 5.73. The number of anilines is 2. The van der Waals surface area contributed by atoms with Crippen molar-refractivity contribution >= 4 is 49.5 Å². The minimum absolute atomic E-state index is 0.0177. The Hall–Kier alpha value is -5.30. The molecule has 2 atom stereocenters. The molecule has 2 heterocycles. The lowest BCUT2D eigenvalue weighted by atomic mass is 10.0. The second kappa shape index (κ2) is 13.4. The standard InChI is InChI=1S/C35H30N2O7P2.CH2O/c36-24-11-15-31-29(21-24)27-5-1-3-7-33(27)45(39,43-31)19-17-41-26-13-9-23(10-14-26)35(38)42-18-20-46(40)34-8-4-2-6-28(34)30-22-25(37)12-16-32(30)44-46;1-2/h1-16,21-22H,17-20,36-37H2;1H2. The number of rotatable bonds is 8. The van der Waals surface area contributed by atoms with Crippen molar-refractivity contribution < 1.29 is 37.2 Å². The first-order valence-corrected chi connectivity index (χ1v) is 18.6. The monoisotopic (exact) mass is 682 g/mol. The van der Waals surface area contributed by atoms with Gasteiger partial charge in [0.05, 0.1) is 35.1 Å². The summed E-state index contributed by atoms with van der Waals surface area (Å²) < 4.78 is 51.4. The molecule has 12 heteroatoms. The Morgan fingerprint density at radius 1 is 0.625 bits per heavy atom. The van der Waals surface area contributed by atoms with Gasteiger partial charge in [0, 0.05) is 22.5 Å². The number of hydrogen-bond acceptors (Lipinski definition) is 10. The Balaban J connectivity index is 0.00000197. The van der Waals surface area contributed by atoms with E-state index in [1.807, 2.05) is 49.3 Å². The predicted octanol–water partition coefficient (Wildman–Crippen LogP) is 6.53. The summed E-state index contributed by atoms with van der Waals surface area (Å²) in [5.41, 5.74) is 16.7. The average Bonchev–Trinajstić information content (AvgIpc) is 3.10. The molecule has 0 radical (unpaired) electrons. The fraction of sp³-hybridized carbons (Fsp3) is 0.111. The van der Waals surface area contributed by atoms with Crippen LogP contribution in [0.25, 0.3) is 22.3 Å². The highest BCUT2D eigenvalue weighted by molar-refractivity contribution is 7.68. The first-order valence-electron chi connectivity index (χ1n) is 15.0. The molecule has 48 heavy (non-hydrogen) atoms. The van der Waals surface area contributed by atoms with Crippen LogP contribution in [0.2, 0.25) is 0 Å². The lowest BCUT2D eigenvalue weighted by molar-refractivity contribution is -0.0980. The zero-order chi connectivity index (χ0) is 33.9. The molecular weight excluding hydrogens is 650 g/mol. The topological polar surface area (TPSA) is 157 Å². The molecule has 2 aliphatic heterocycles. The molecule has 0 spiro atoms. The van der Waals surface area contributed by atoms with Gasteiger partial charge in [-0.15, -0.1) is 0 Å². The molecule has 4 N–H and O–H groups in total. The lowest BCUT2D eigenvalue weighted by Crippen LogP contribution is -2.22. The Labute approximate surface area is 277 Å². The smallest absolute Gasteiger partial charge is 0.338 e. The lowest BCUT2D eigenvalue weighted by Gasteiger charge is -2.29. The van der Waals surface area contributed by atoms with Crippen molar-refractivity contribution in [1.82, 2.24) is 0 Å². The molecule has 244 valence electrons. The molecule has 10 nitrogen and oxygen atoms in total. The van der Waals surface area contributed by atoms with Gasteiger partial charge in [-0.05, 0) is 83.9 Å². The molecule has 5 aromatic rings. The van der Waals surface area contributed by atoms with E-state index in [1.54, 1.807) is 66.7 Å². The quantitative estimate of drug-likeness (QED) is 0.105. The molecule has 5 aromatic carbocycles. The predicted molar refractivity (Wildman–Crippen MR) is 187 cm³/mol. The minimum Gasteiger partial charge on any atom is -0.493 e. The van der Waals surface area contributed by atoms with Crippen molar-refractivity contribution in [3.63, 3.8) is 0 Å². The second-order valence-corrected chi connectivity index (χ2v) is 15.9. The number of fused-ring (bicyclic) bond motifs is 6. The van der Waals surface area contributed by atoms with Crippen LogP contribution < -0.4 is 35.9 Å². The van der Waals surface area contributed by atoms with E-state index in [-0.39, 0.29) is 25.5 Å². The fourth-order valence-corrected chi connectivity index (χ4v) is 9.96. The molecule has 0 aliphatic carbocycles. The van der Waals surface area contributed by atoms with Gasteiger partial charge in [-0.25, -0.2) is 4.79 Å². The SMILES string of the molecule is C=O.Nc1ccc2c(c1)-c1ccccc1P(=O)(CCOC(=O)c1ccc(OCCP3(=O)Oc4ccc(N)cc4-c4ccccc43)cc1)O2. The third-order valence-electron chi connectivity index (χ3n) is 7.98. The second-order valence-electron chi connectivity index (χ2n) is 11.0. The van der Waals surface area contributed by atoms with Crippen molar-refractivity contribution in [3.05, 3.63) is 115 Å². The average molecular weight is 683 g/mol. The summed E-state index contributed by atoms with van der Waals surface area (Å²) >= 11 is 0. The van der Waals surface area contributed by atoms with E-state index in [1.165, 1.54) is 0 Å². The molecule has 0 aromatic heterocycles. The highest BCUT2D eigenvalue weighted by Gasteiger charge is 2.37. The van der Waals surface area contributed by atoms with Gasteiger partial charge in [-0.1, -0.05) is 36.4 Å². The third kappa shape index (κ3) is 6.33. The minimum atomic E-state index is -3.35. The maximum absolute atomic E-state index is 14.0. The molecule has 7 rings (SSSR count). The molecule has 0 fully saturated rings. The molecule has 0 saturated heterocycles. The van der Waals surface area contributed by atoms with Gasteiger partial charge >= 0.3 is 5.97 Å². The third-order valence-corrected chi connectivity index (χ3v) is 12.8. The van der Waals surface area contributed by atoms with Crippen LogP contribution >= 0.6 is 14.7 Å². The summed E-state index contributed by atoms with van der Waals surface area (Å²) in [5.74, 6) is 0.945. The molecule has 2 unspecified atom stereocenters. The highest BCUT2D eigenvalue weighted by atomic mass is 31.2. The molecular formula is C36H32N2O8P2. The van der Waals surface area contributed by atoms with Crippen molar-refractivity contribution in [1.29, 1.82) is 0 Å². The van der Waals surface area contributed by atoms with E-state index in [2.05, 4.69) is 0 Å². The number of ether oxygens (including phenoxy) is 2. The largest absolute Gasteiger partial charge is 0.493 e. The maximum atomic E-state index is 14.0. The van der Waals surface area contributed by atoms with E-state index >= 15 is 0 Å². The first-order chi connectivity index (χ1) is 23.2. The zero-order valence-corrected chi connectivity index (χ0v) is 27.5. The van der Waals surface area contributed by atoms with Crippen molar-refractivity contribution in [3.8, 4) is 39.5 Å². The number of carbonyl (C=O) groups is 2. The van der Waals surface area contributed by atoms with E-state index in [0.717, 1.165) is 22.3 Å². The van der Waals surface area contributed by atoms with Gasteiger partial charge in [0.1, 0.15) is 30.6 Å². The van der Waals surface area contributed by atoms with Gasteiger partial charge in [0.2, 0.25) is 0 Å². The Bertz CT molecular complexity index is 2100. The zero-order valence-electron chi connectivity index (χ0n) is 25.7. The Morgan fingerprint density at radius 3 is 1.62 bits per heavy atom. The van der Waals surface area contributed by atoms with E-state index < -0.39 is 20.7 Å². The normalized spacial score (nSPS) is 18.2. The molecule has 2 aliphatic rings. The van der Waals surface area contributed by atoms with Crippen molar-refractivity contribution in [2.75, 3.05) is 37.0 Å².